The number of H-pyrrole nitrogens is 1. The van der Waals surface area contributed by atoms with E-state index in [0.29, 0.717) is 0 Å². The zero-order valence-corrected chi connectivity index (χ0v) is 8.19. The third-order valence-electron chi connectivity index (χ3n) is 2.48. The summed E-state index contributed by atoms with van der Waals surface area (Å²) in [6.07, 6.45) is 2.42. The zero-order valence-electron chi connectivity index (χ0n) is 7.43. The fraction of sp³-hybridized carbons (Fsp3) is 0.556. The average Bonchev–Trinajstić information content (AvgIpc) is 2.42. The van der Waals surface area contributed by atoms with Crippen molar-refractivity contribution in [3.8, 4) is 0 Å². The summed E-state index contributed by atoms with van der Waals surface area (Å²) in [5.41, 5.74) is 2.19. The standard InChI is InChI=1S/C9H11ClN2O/c1-5-11-7-3-2-6(9(10)13)4-8(7)12-5/h6H,2-4H2,1H3,(H,11,12). The number of fused-ring (bicyclic) bond motifs is 1. The van der Waals surface area contributed by atoms with E-state index in [9.17, 15) is 4.79 Å². The molecule has 0 spiro atoms. The first-order valence-corrected chi connectivity index (χ1v) is 4.78. The van der Waals surface area contributed by atoms with E-state index < -0.39 is 0 Å². The topological polar surface area (TPSA) is 45.8 Å². The quantitative estimate of drug-likeness (QED) is 0.697. The van der Waals surface area contributed by atoms with Crippen LogP contribution < -0.4 is 0 Å². The van der Waals surface area contributed by atoms with Crippen molar-refractivity contribution in [1.29, 1.82) is 0 Å². The third kappa shape index (κ3) is 1.61. The second kappa shape index (κ2) is 3.14. The molecule has 0 radical (unpaired) electrons. The molecule has 0 saturated carbocycles. The lowest BCUT2D eigenvalue weighted by atomic mass is 9.91. The number of hydrogen-bond acceptors (Lipinski definition) is 2. The van der Waals surface area contributed by atoms with Gasteiger partial charge >= 0.3 is 0 Å². The van der Waals surface area contributed by atoms with E-state index in [1.807, 2.05) is 6.92 Å². The second-order valence-electron chi connectivity index (χ2n) is 3.49. The third-order valence-corrected chi connectivity index (χ3v) is 2.79. The van der Waals surface area contributed by atoms with Crippen LogP contribution in [0, 0.1) is 12.8 Å². The number of rotatable bonds is 1. The number of imidazole rings is 1. The number of nitrogens with zero attached hydrogens (tertiary/aromatic N) is 1. The summed E-state index contributed by atoms with van der Waals surface area (Å²) < 4.78 is 0. The highest BCUT2D eigenvalue weighted by molar-refractivity contribution is 6.64. The Kier molecular flexibility index (Phi) is 2.12. The van der Waals surface area contributed by atoms with E-state index in [1.54, 1.807) is 0 Å². The molecule has 0 fully saturated rings. The van der Waals surface area contributed by atoms with Crippen molar-refractivity contribution in [1.82, 2.24) is 9.97 Å². The first-order chi connectivity index (χ1) is 6.16. The molecule has 1 N–H and O–H groups in total. The maximum atomic E-state index is 10.9. The van der Waals surface area contributed by atoms with E-state index >= 15 is 0 Å². The molecule has 2 rings (SSSR count). The molecule has 13 heavy (non-hydrogen) atoms. The summed E-state index contributed by atoms with van der Waals surface area (Å²) in [5, 5.41) is -0.224. The van der Waals surface area contributed by atoms with Gasteiger partial charge in [-0.3, -0.25) is 4.79 Å². The van der Waals surface area contributed by atoms with Gasteiger partial charge in [-0.25, -0.2) is 4.98 Å². The molecule has 0 aromatic carbocycles. The Labute approximate surface area is 81.5 Å². The van der Waals surface area contributed by atoms with Gasteiger partial charge in [0.1, 0.15) is 5.82 Å². The van der Waals surface area contributed by atoms with E-state index in [2.05, 4.69) is 9.97 Å². The maximum absolute atomic E-state index is 10.9. The molecule has 1 heterocycles. The van der Waals surface area contributed by atoms with Crippen molar-refractivity contribution < 1.29 is 4.79 Å². The van der Waals surface area contributed by atoms with E-state index in [4.69, 9.17) is 11.6 Å². The minimum atomic E-state index is -0.224. The number of aryl methyl sites for hydroxylation is 2. The Morgan fingerprint density at radius 2 is 2.46 bits per heavy atom. The smallest absolute Gasteiger partial charge is 0.225 e. The summed E-state index contributed by atoms with van der Waals surface area (Å²) in [7, 11) is 0. The molecule has 1 aromatic rings. The van der Waals surface area contributed by atoms with Crippen LogP contribution in [0.1, 0.15) is 23.6 Å². The van der Waals surface area contributed by atoms with Crippen LogP contribution in [0.15, 0.2) is 0 Å². The van der Waals surface area contributed by atoms with Crippen molar-refractivity contribution >= 4 is 16.8 Å². The number of nitrogens with one attached hydrogen (secondary N) is 1. The number of carbonyl (C=O) groups excluding carboxylic acids is 1. The summed E-state index contributed by atoms with van der Waals surface area (Å²) in [5.74, 6) is 0.904. The number of carbonyl (C=O) groups is 1. The largest absolute Gasteiger partial charge is 0.346 e. The van der Waals surface area contributed by atoms with Crippen LogP contribution in [0.25, 0.3) is 0 Å². The lowest BCUT2D eigenvalue weighted by Crippen LogP contribution is -2.19. The van der Waals surface area contributed by atoms with E-state index in [-0.39, 0.29) is 11.2 Å². The van der Waals surface area contributed by atoms with Crippen LogP contribution in [-0.2, 0) is 17.6 Å². The fourth-order valence-electron chi connectivity index (χ4n) is 1.82. The molecular formula is C9H11ClN2O. The SMILES string of the molecule is Cc1nc2c([nH]1)CC(C(=O)Cl)CC2. The Hall–Kier alpha value is -0.830. The molecule has 1 atom stereocenters. The first kappa shape index (κ1) is 8.75. The lowest BCUT2D eigenvalue weighted by Gasteiger charge is -2.16. The van der Waals surface area contributed by atoms with Crippen LogP contribution in [0.5, 0.6) is 0 Å². The van der Waals surface area contributed by atoms with Gasteiger partial charge < -0.3 is 4.98 Å². The molecule has 1 unspecified atom stereocenters. The van der Waals surface area contributed by atoms with Crippen LogP contribution in [0.2, 0.25) is 0 Å². The molecule has 1 aromatic heterocycles. The van der Waals surface area contributed by atoms with Crippen molar-refractivity contribution in [2.24, 2.45) is 5.92 Å². The lowest BCUT2D eigenvalue weighted by molar-refractivity contribution is -0.115. The van der Waals surface area contributed by atoms with Gasteiger partial charge in [0.05, 0.1) is 5.69 Å². The molecule has 0 saturated heterocycles. The molecule has 1 aliphatic carbocycles. The van der Waals surface area contributed by atoms with Gasteiger partial charge in [0.25, 0.3) is 0 Å². The molecule has 0 aliphatic heterocycles. The number of aromatic amines is 1. The Balaban J connectivity index is 2.24. The summed E-state index contributed by atoms with van der Waals surface area (Å²) in [6, 6.07) is 0. The normalized spacial score (nSPS) is 21.2. The maximum Gasteiger partial charge on any atom is 0.225 e. The Morgan fingerprint density at radius 3 is 3.15 bits per heavy atom. The first-order valence-electron chi connectivity index (χ1n) is 4.40. The highest BCUT2D eigenvalue weighted by Crippen LogP contribution is 2.25. The highest BCUT2D eigenvalue weighted by Gasteiger charge is 2.25. The molecule has 4 heteroatoms. The molecule has 70 valence electrons. The fourth-order valence-corrected chi connectivity index (χ4v) is 2.00. The van der Waals surface area contributed by atoms with E-state index in [1.165, 1.54) is 0 Å². The van der Waals surface area contributed by atoms with E-state index in [0.717, 1.165) is 36.5 Å². The van der Waals surface area contributed by atoms with Gasteiger partial charge in [0.2, 0.25) is 5.24 Å². The molecule has 3 nitrogen and oxygen atoms in total. The van der Waals surface area contributed by atoms with Gasteiger partial charge in [0, 0.05) is 18.0 Å². The van der Waals surface area contributed by atoms with Crippen LogP contribution >= 0.6 is 11.6 Å². The zero-order chi connectivity index (χ0) is 9.42. The minimum absolute atomic E-state index is 0.0194. The number of hydrogen-bond donors (Lipinski definition) is 1. The van der Waals surface area contributed by atoms with Gasteiger partial charge in [-0.1, -0.05) is 0 Å². The predicted molar refractivity (Wildman–Crippen MR) is 49.7 cm³/mol. The monoisotopic (exact) mass is 198 g/mol. The molecule has 0 amide bonds. The highest BCUT2D eigenvalue weighted by atomic mass is 35.5. The number of halogens is 1. The number of aromatic nitrogens is 2. The molecule has 0 bridgehead atoms. The summed E-state index contributed by atoms with van der Waals surface area (Å²) in [4.78, 5) is 18.4. The van der Waals surface area contributed by atoms with Crippen molar-refractivity contribution in [3.63, 3.8) is 0 Å². The summed E-state index contributed by atoms with van der Waals surface area (Å²) >= 11 is 5.46. The molecule has 1 aliphatic rings. The van der Waals surface area contributed by atoms with Crippen LogP contribution in [0.3, 0.4) is 0 Å². The Morgan fingerprint density at radius 1 is 1.69 bits per heavy atom. The second-order valence-corrected chi connectivity index (χ2v) is 3.86. The Bertz CT molecular complexity index is 345. The van der Waals surface area contributed by atoms with Crippen LogP contribution in [-0.4, -0.2) is 15.2 Å². The predicted octanol–water partition coefficient (Wildman–Crippen LogP) is 1.59. The van der Waals surface area contributed by atoms with Crippen molar-refractivity contribution in [2.75, 3.05) is 0 Å². The van der Waals surface area contributed by atoms with Crippen molar-refractivity contribution in [2.45, 2.75) is 26.2 Å². The van der Waals surface area contributed by atoms with Gasteiger partial charge in [-0.2, -0.15) is 0 Å². The minimum Gasteiger partial charge on any atom is -0.346 e. The van der Waals surface area contributed by atoms with Crippen molar-refractivity contribution in [3.05, 3.63) is 17.2 Å². The van der Waals surface area contributed by atoms with Crippen LogP contribution in [0.4, 0.5) is 0 Å². The van der Waals surface area contributed by atoms with Gasteiger partial charge in [-0.05, 0) is 31.4 Å². The average molecular weight is 199 g/mol. The van der Waals surface area contributed by atoms with Gasteiger partial charge in [-0.15, -0.1) is 0 Å². The molecular weight excluding hydrogens is 188 g/mol. The van der Waals surface area contributed by atoms with Gasteiger partial charge in [0.15, 0.2) is 0 Å². The summed E-state index contributed by atoms with van der Waals surface area (Å²) in [6.45, 7) is 1.93.